The van der Waals surface area contributed by atoms with Crippen LogP contribution < -0.4 is 5.32 Å². The van der Waals surface area contributed by atoms with Gasteiger partial charge in [0.05, 0.1) is 12.4 Å². The standard InChI is InChI=1S/C20H24N5O4Si/c1-4-13-15(26)16(29-30(2)3)20(28-13)25-11-23-14-17(21-10-22-18(14)25)24-19(27)12-8-6-5-7-9-12/h5-11,13,15-16,20,26H,4H2,1-3H3,(H,21,22,24,27)/t13-,15-,16-,20-/m1/s1. The fourth-order valence-electron chi connectivity index (χ4n) is 3.58. The molecule has 1 radical (unpaired) electrons. The lowest BCUT2D eigenvalue weighted by atomic mass is 10.1. The first-order valence-electron chi connectivity index (χ1n) is 9.84. The normalized spacial score (nSPS) is 23.9. The first kappa shape index (κ1) is 20.6. The van der Waals surface area contributed by atoms with Crippen LogP contribution in [0.5, 0.6) is 0 Å². The van der Waals surface area contributed by atoms with Gasteiger partial charge in [-0.3, -0.25) is 9.36 Å². The second-order valence-electron chi connectivity index (χ2n) is 7.32. The third-order valence-corrected chi connectivity index (χ3v) is 5.73. The molecule has 1 saturated heterocycles. The van der Waals surface area contributed by atoms with E-state index in [2.05, 4.69) is 20.3 Å². The number of imidazole rings is 1. The van der Waals surface area contributed by atoms with Gasteiger partial charge in [0, 0.05) is 5.56 Å². The highest BCUT2D eigenvalue weighted by molar-refractivity contribution is 6.48. The van der Waals surface area contributed by atoms with E-state index in [0.29, 0.717) is 29.0 Å². The Kier molecular flexibility index (Phi) is 5.91. The van der Waals surface area contributed by atoms with Crippen molar-refractivity contribution in [2.75, 3.05) is 5.32 Å². The molecule has 1 fully saturated rings. The fraction of sp³-hybridized carbons (Fsp3) is 0.400. The molecular formula is C20H24N5O4Si. The second-order valence-corrected chi connectivity index (χ2v) is 9.37. The number of hydrogen-bond acceptors (Lipinski definition) is 7. The van der Waals surface area contributed by atoms with Gasteiger partial charge in [-0.1, -0.05) is 25.1 Å². The van der Waals surface area contributed by atoms with Crippen molar-refractivity contribution in [3.63, 3.8) is 0 Å². The molecule has 3 aromatic rings. The molecular weight excluding hydrogens is 402 g/mol. The Hall–Kier alpha value is -2.66. The minimum absolute atomic E-state index is 0.283. The summed E-state index contributed by atoms with van der Waals surface area (Å²) in [6.45, 7) is 5.99. The summed E-state index contributed by atoms with van der Waals surface area (Å²) in [5.74, 6) is 0.0283. The number of aromatic nitrogens is 4. The van der Waals surface area contributed by atoms with Crippen molar-refractivity contribution in [3.05, 3.63) is 48.5 Å². The highest BCUT2D eigenvalue weighted by Gasteiger charge is 2.45. The average Bonchev–Trinajstić information content (AvgIpc) is 3.30. The molecule has 30 heavy (non-hydrogen) atoms. The van der Waals surface area contributed by atoms with Crippen LogP contribution in [-0.2, 0) is 9.16 Å². The van der Waals surface area contributed by atoms with Crippen LogP contribution in [0.1, 0.15) is 29.9 Å². The molecule has 1 amide bonds. The maximum atomic E-state index is 12.5. The summed E-state index contributed by atoms with van der Waals surface area (Å²) in [6.07, 6.45) is 1.45. The van der Waals surface area contributed by atoms with Crippen molar-refractivity contribution in [3.8, 4) is 0 Å². The summed E-state index contributed by atoms with van der Waals surface area (Å²) in [6, 6.07) is 8.88. The van der Waals surface area contributed by atoms with Crippen molar-refractivity contribution in [2.45, 2.75) is 51.0 Å². The van der Waals surface area contributed by atoms with E-state index < -0.39 is 27.5 Å². The quantitative estimate of drug-likeness (QED) is 0.582. The van der Waals surface area contributed by atoms with Crippen LogP contribution in [0.15, 0.2) is 43.0 Å². The van der Waals surface area contributed by atoms with Crippen molar-refractivity contribution < 1.29 is 19.1 Å². The number of fused-ring (bicyclic) bond motifs is 1. The van der Waals surface area contributed by atoms with Gasteiger partial charge >= 0.3 is 0 Å². The summed E-state index contributed by atoms with van der Waals surface area (Å²) >= 11 is 0. The van der Waals surface area contributed by atoms with Gasteiger partial charge in [-0.25, -0.2) is 15.0 Å². The molecule has 9 nitrogen and oxygen atoms in total. The first-order valence-corrected chi connectivity index (χ1v) is 12.2. The molecule has 0 aliphatic carbocycles. The maximum Gasteiger partial charge on any atom is 0.256 e. The number of aliphatic hydroxyl groups is 1. The largest absolute Gasteiger partial charge is 0.407 e. The zero-order valence-electron chi connectivity index (χ0n) is 17.0. The van der Waals surface area contributed by atoms with Gasteiger partial charge in [-0.2, -0.15) is 0 Å². The topological polar surface area (TPSA) is 111 Å². The van der Waals surface area contributed by atoms with E-state index in [9.17, 15) is 9.90 Å². The Morgan fingerprint density at radius 2 is 2.03 bits per heavy atom. The van der Waals surface area contributed by atoms with E-state index in [0.717, 1.165) is 0 Å². The molecule has 3 heterocycles. The van der Waals surface area contributed by atoms with Crippen molar-refractivity contribution in [1.29, 1.82) is 0 Å². The van der Waals surface area contributed by atoms with Gasteiger partial charge in [0.2, 0.25) is 9.04 Å². The van der Waals surface area contributed by atoms with Crippen LogP contribution in [0.3, 0.4) is 0 Å². The molecule has 4 atom stereocenters. The van der Waals surface area contributed by atoms with Crippen LogP contribution in [0.2, 0.25) is 13.1 Å². The van der Waals surface area contributed by atoms with E-state index in [1.807, 2.05) is 26.1 Å². The Bertz CT molecular complexity index is 1030. The van der Waals surface area contributed by atoms with Gasteiger partial charge in [-0.05, 0) is 31.6 Å². The number of nitrogens with zero attached hydrogens (tertiary/aromatic N) is 4. The number of carbonyl (C=O) groups is 1. The lowest BCUT2D eigenvalue weighted by molar-refractivity contribution is -0.0306. The molecule has 0 saturated carbocycles. The number of rotatable bonds is 6. The van der Waals surface area contributed by atoms with E-state index >= 15 is 0 Å². The van der Waals surface area contributed by atoms with Crippen molar-refractivity contribution >= 4 is 31.9 Å². The van der Waals surface area contributed by atoms with Crippen LogP contribution in [0.4, 0.5) is 5.82 Å². The molecule has 0 bridgehead atoms. The smallest absolute Gasteiger partial charge is 0.256 e. The average molecular weight is 427 g/mol. The van der Waals surface area contributed by atoms with Gasteiger partial charge in [0.25, 0.3) is 5.91 Å². The van der Waals surface area contributed by atoms with Gasteiger partial charge in [0.15, 0.2) is 23.2 Å². The SMILES string of the molecule is CC[C@H]1O[C@@H](n2cnc3c(NC(=O)c4ccccc4)ncnc32)[C@H](O[Si](C)C)[C@@H]1O. The summed E-state index contributed by atoms with van der Waals surface area (Å²) in [5, 5.41) is 13.5. The summed E-state index contributed by atoms with van der Waals surface area (Å²) in [7, 11) is -1.07. The Morgan fingerprint density at radius 1 is 1.27 bits per heavy atom. The van der Waals surface area contributed by atoms with Crippen LogP contribution in [0, 0.1) is 0 Å². The summed E-state index contributed by atoms with van der Waals surface area (Å²) < 4.78 is 13.9. The number of benzene rings is 1. The van der Waals surface area contributed by atoms with E-state index in [4.69, 9.17) is 9.16 Å². The van der Waals surface area contributed by atoms with E-state index in [-0.39, 0.29) is 12.0 Å². The molecule has 1 aromatic carbocycles. The molecule has 1 aliphatic heterocycles. The second kappa shape index (κ2) is 8.60. The highest BCUT2D eigenvalue weighted by Crippen LogP contribution is 2.35. The Balaban J connectivity index is 1.66. The van der Waals surface area contributed by atoms with Gasteiger partial charge in [0.1, 0.15) is 18.5 Å². The van der Waals surface area contributed by atoms with Gasteiger partial charge in [-0.15, -0.1) is 0 Å². The van der Waals surface area contributed by atoms with Crippen LogP contribution in [-0.4, -0.2) is 57.9 Å². The monoisotopic (exact) mass is 426 g/mol. The van der Waals surface area contributed by atoms with Gasteiger partial charge < -0.3 is 19.6 Å². The summed E-state index contributed by atoms with van der Waals surface area (Å²) in [4.78, 5) is 25.5. The molecule has 10 heteroatoms. The minimum Gasteiger partial charge on any atom is -0.407 e. The molecule has 0 unspecified atom stereocenters. The minimum atomic E-state index is -1.07. The predicted octanol–water partition coefficient (Wildman–Crippen LogP) is 2.38. The number of ether oxygens (including phenoxy) is 1. The van der Waals surface area contributed by atoms with E-state index in [1.54, 1.807) is 35.2 Å². The molecule has 0 spiro atoms. The molecule has 4 rings (SSSR count). The number of anilines is 1. The Labute approximate surface area is 175 Å². The first-order chi connectivity index (χ1) is 14.5. The highest BCUT2D eigenvalue weighted by atomic mass is 28.3. The van der Waals surface area contributed by atoms with Crippen molar-refractivity contribution in [1.82, 2.24) is 19.5 Å². The van der Waals surface area contributed by atoms with E-state index in [1.165, 1.54) is 6.33 Å². The number of carbonyl (C=O) groups excluding carboxylic acids is 1. The lowest BCUT2D eigenvalue weighted by Gasteiger charge is -2.23. The zero-order valence-corrected chi connectivity index (χ0v) is 18.0. The fourth-order valence-corrected chi connectivity index (χ4v) is 4.38. The molecule has 2 N–H and O–H groups in total. The summed E-state index contributed by atoms with van der Waals surface area (Å²) in [5.41, 5.74) is 1.46. The maximum absolute atomic E-state index is 12.5. The molecule has 1 aliphatic rings. The number of nitrogens with one attached hydrogen (secondary N) is 1. The third-order valence-electron chi connectivity index (χ3n) is 4.99. The number of aliphatic hydroxyl groups excluding tert-OH is 1. The van der Waals surface area contributed by atoms with Crippen LogP contribution in [0.25, 0.3) is 11.2 Å². The molecule has 157 valence electrons. The number of amides is 1. The lowest BCUT2D eigenvalue weighted by Crippen LogP contribution is -2.36. The van der Waals surface area contributed by atoms with Crippen LogP contribution >= 0.6 is 0 Å². The number of hydrogen-bond donors (Lipinski definition) is 2. The third kappa shape index (κ3) is 3.86. The zero-order chi connectivity index (χ0) is 21.3. The Morgan fingerprint density at radius 3 is 2.73 bits per heavy atom. The predicted molar refractivity (Wildman–Crippen MR) is 112 cm³/mol. The molecule has 2 aromatic heterocycles. The van der Waals surface area contributed by atoms with Crippen molar-refractivity contribution in [2.24, 2.45) is 0 Å².